The van der Waals surface area contributed by atoms with Crippen LogP contribution in [0.25, 0.3) is 0 Å². The van der Waals surface area contributed by atoms with E-state index in [1.54, 1.807) is 0 Å². The first kappa shape index (κ1) is 18.7. The van der Waals surface area contributed by atoms with Gasteiger partial charge in [-0.05, 0) is 51.4 Å². The first-order chi connectivity index (χ1) is 10.4. The van der Waals surface area contributed by atoms with Gasteiger partial charge in [-0.2, -0.15) is 0 Å². The number of hydrogen-bond donors (Lipinski definition) is 0. The molecule has 1 unspecified atom stereocenters. The Labute approximate surface area is 132 Å². The lowest BCUT2D eigenvalue weighted by Crippen LogP contribution is -2.22. The van der Waals surface area contributed by atoms with Gasteiger partial charge in [-0.25, -0.2) is 0 Å². The number of unbranched alkanes of at least 4 members (excludes halogenated alkanes) is 8. The molecule has 0 amide bonds. The first-order valence-electron chi connectivity index (χ1n) is 9.31. The van der Waals surface area contributed by atoms with Crippen molar-refractivity contribution in [1.82, 2.24) is 0 Å². The third kappa shape index (κ3) is 11.9. The van der Waals surface area contributed by atoms with E-state index >= 15 is 0 Å². The van der Waals surface area contributed by atoms with Crippen LogP contribution in [0.5, 0.6) is 0 Å². The van der Waals surface area contributed by atoms with Gasteiger partial charge in [0.15, 0.2) is 6.29 Å². The lowest BCUT2D eigenvalue weighted by molar-refractivity contribution is -0.162. The Bertz CT molecular complexity index is 232. The summed E-state index contributed by atoms with van der Waals surface area (Å²) in [6.45, 7) is 4.02. The van der Waals surface area contributed by atoms with Gasteiger partial charge in [0.25, 0.3) is 0 Å². The van der Waals surface area contributed by atoms with Gasteiger partial charge in [0, 0.05) is 13.2 Å². The van der Waals surface area contributed by atoms with Gasteiger partial charge in [0.05, 0.1) is 0 Å². The van der Waals surface area contributed by atoms with Crippen molar-refractivity contribution in [1.29, 1.82) is 0 Å². The van der Waals surface area contributed by atoms with Gasteiger partial charge in [0.2, 0.25) is 0 Å². The highest BCUT2D eigenvalue weighted by Crippen LogP contribution is 2.14. The Hall–Kier alpha value is -0.340. The minimum absolute atomic E-state index is 0.0892. The van der Waals surface area contributed by atoms with Gasteiger partial charge in [0.1, 0.15) is 0 Å². The maximum atomic E-state index is 5.73. The Morgan fingerprint density at radius 1 is 0.905 bits per heavy atom. The molecule has 1 rings (SSSR count). The van der Waals surface area contributed by atoms with Gasteiger partial charge in [-0.3, -0.25) is 0 Å². The molecule has 1 atom stereocenters. The highest BCUT2D eigenvalue weighted by molar-refractivity contribution is 4.81. The predicted octanol–water partition coefficient (Wildman–Crippen LogP) is 6.01. The van der Waals surface area contributed by atoms with Gasteiger partial charge < -0.3 is 9.47 Å². The molecule has 0 spiro atoms. The number of allylic oxidation sites excluding steroid dienone is 2. The summed E-state index contributed by atoms with van der Waals surface area (Å²) in [5.41, 5.74) is 0. The predicted molar refractivity (Wildman–Crippen MR) is 90.5 cm³/mol. The fourth-order valence-electron chi connectivity index (χ4n) is 2.70. The normalized spacial score (nSPS) is 19.4. The minimum Gasteiger partial charge on any atom is -0.353 e. The number of rotatable bonds is 13. The monoisotopic (exact) mass is 296 g/mol. The van der Waals surface area contributed by atoms with E-state index in [9.17, 15) is 0 Å². The van der Waals surface area contributed by atoms with E-state index in [2.05, 4.69) is 19.1 Å². The topological polar surface area (TPSA) is 18.5 Å². The molecule has 0 aromatic heterocycles. The molecule has 2 nitrogen and oxygen atoms in total. The summed E-state index contributed by atoms with van der Waals surface area (Å²) in [6, 6.07) is 0. The molecular weight excluding hydrogens is 260 g/mol. The van der Waals surface area contributed by atoms with Crippen LogP contribution in [0.15, 0.2) is 12.2 Å². The van der Waals surface area contributed by atoms with Crippen molar-refractivity contribution in [3.05, 3.63) is 12.2 Å². The molecular formula is C19H36O2. The van der Waals surface area contributed by atoms with Crippen LogP contribution in [-0.2, 0) is 9.47 Å². The second-order valence-corrected chi connectivity index (χ2v) is 6.19. The summed E-state index contributed by atoms with van der Waals surface area (Å²) in [4.78, 5) is 0. The molecule has 0 bridgehead atoms. The van der Waals surface area contributed by atoms with Crippen molar-refractivity contribution in [3.63, 3.8) is 0 Å². The second kappa shape index (κ2) is 14.6. The second-order valence-electron chi connectivity index (χ2n) is 6.19. The number of ether oxygens (including phenoxy) is 2. The highest BCUT2D eigenvalue weighted by Gasteiger charge is 2.12. The first-order valence-corrected chi connectivity index (χ1v) is 9.31. The van der Waals surface area contributed by atoms with E-state index in [1.807, 2.05) is 0 Å². The molecule has 1 aliphatic heterocycles. The van der Waals surface area contributed by atoms with Crippen molar-refractivity contribution >= 4 is 0 Å². The summed E-state index contributed by atoms with van der Waals surface area (Å²) < 4.78 is 11.3. The van der Waals surface area contributed by atoms with Crippen LogP contribution in [-0.4, -0.2) is 19.5 Å². The quantitative estimate of drug-likeness (QED) is 0.306. The van der Waals surface area contributed by atoms with Crippen LogP contribution in [0.2, 0.25) is 0 Å². The van der Waals surface area contributed by atoms with E-state index < -0.39 is 0 Å². The Morgan fingerprint density at radius 3 is 2.29 bits per heavy atom. The van der Waals surface area contributed by atoms with Crippen LogP contribution >= 0.6 is 0 Å². The molecule has 0 aromatic carbocycles. The van der Waals surface area contributed by atoms with Crippen molar-refractivity contribution < 1.29 is 9.47 Å². The standard InChI is InChI=1S/C19H36O2/c1-2-3-4-5-6-7-8-9-10-11-12-14-17-20-19-16-13-15-18-21-19/h8-9,19H,2-7,10-18H2,1H3. The van der Waals surface area contributed by atoms with Crippen molar-refractivity contribution in [2.45, 2.75) is 96.7 Å². The van der Waals surface area contributed by atoms with Gasteiger partial charge in [-0.15, -0.1) is 0 Å². The molecule has 0 radical (unpaired) electrons. The highest BCUT2D eigenvalue weighted by atomic mass is 16.7. The maximum Gasteiger partial charge on any atom is 0.157 e. The van der Waals surface area contributed by atoms with Crippen LogP contribution in [0.3, 0.4) is 0 Å². The molecule has 21 heavy (non-hydrogen) atoms. The summed E-state index contributed by atoms with van der Waals surface area (Å²) >= 11 is 0. The average molecular weight is 296 g/mol. The zero-order chi connectivity index (χ0) is 15.0. The van der Waals surface area contributed by atoms with Crippen LogP contribution in [0.4, 0.5) is 0 Å². The molecule has 0 aliphatic carbocycles. The van der Waals surface area contributed by atoms with Gasteiger partial charge >= 0.3 is 0 Å². The van der Waals surface area contributed by atoms with Crippen LogP contribution < -0.4 is 0 Å². The zero-order valence-electron chi connectivity index (χ0n) is 14.2. The molecule has 1 aliphatic rings. The Balaban J connectivity index is 1.75. The molecule has 2 heteroatoms. The zero-order valence-corrected chi connectivity index (χ0v) is 14.2. The van der Waals surface area contributed by atoms with E-state index in [0.717, 1.165) is 19.6 Å². The van der Waals surface area contributed by atoms with E-state index in [4.69, 9.17) is 9.47 Å². The molecule has 1 saturated heterocycles. The molecule has 0 aromatic rings. The average Bonchev–Trinajstić information content (AvgIpc) is 2.53. The lowest BCUT2D eigenvalue weighted by atomic mass is 10.1. The Kier molecular flexibility index (Phi) is 13.0. The third-order valence-electron chi connectivity index (χ3n) is 4.10. The van der Waals surface area contributed by atoms with Crippen LogP contribution in [0.1, 0.15) is 90.4 Å². The van der Waals surface area contributed by atoms with E-state index in [0.29, 0.717) is 0 Å². The molecule has 1 heterocycles. The fourth-order valence-corrected chi connectivity index (χ4v) is 2.70. The summed E-state index contributed by atoms with van der Waals surface area (Å²) in [6.07, 6.45) is 21.5. The van der Waals surface area contributed by atoms with E-state index in [-0.39, 0.29) is 6.29 Å². The van der Waals surface area contributed by atoms with Crippen molar-refractivity contribution in [3.8, 4) is 0 Å². The summed E-state index contributed by atoms with van der Waals surface area (Å²) in [5, 5.41) is 0. The van der Waals surface area contributed by atoms with Crippen molar-refractivity contribution in [2.24, 2.45) is 0 Å². The SMILES string of the molecule is CCCCCCCC=CCCCCCOC1CCCCO1. The minimum atomic E-state index is 0.0892. The van der Waals surface area contributed by atoms with Crippen molar-refractivity contribution in [2.75, 3.05) is 13.2 Å². The molecule has 0 saturated carbocycles. The molecule has 0 N–H and O–H groups in total. The number of hydrogen-bond acceptors (Lipinski definition) is 2. The lowest BCUT2D eigenvalue weighted by Gasteiger charge is -2.22. The fraction of sp³-hybridized carbons (Fsp3) is 0.895. The molecule has 124 valence electrons. The van der Waals surface area contributed by atoms with E-state index in [1.165, 1.54) is 77.0 Å². The summed E-state index contributed by atoms with van der Waals surface area (Å²) in [7, 11) is 0. The largest absolute Gasteiger partial charge is 0.353 e. The maximum absolute atomic E-state index is 5.73. The smallest absolute Gasteiger partial charge is 0.157 e. The van der Waals surface area contributed by atoms with Crippen LogP contribution in [0, 0.1) is 0 Å². The summed E-state index contributed by atoms with van der Waals surface area (Å²) in [5.74, 6) is 0. The molecule has 1 fully saturated rings. The van der Waals surface area contributed by atoms with Gasteiger partial charge in [-0.1, -0.05) is 51.2 Å². The Morgan fingerprint density at radius 2 is 1.62 bits per heavy atom. The third-order valence-corrected chi connectivity index (χ3v) is 4.10.